The van der Waals surface area contributed by atoms with Gasteiger partial charge in [0, 0.05) is 30.3 Å². The number of aryl methyl sites for hydroxylation is 1. The van der Waals surface area contributed by atoms with E-state index < -0.39 is 6.10 Å². The van der Waals surface area contributed by atoms with E-state index in [9.17, 15) is 9.59 Å². The number of hydrogen-bond donors (Lipinski definition) is 1. The number of nitrogens with zero attached hydrogens (tertiary/aromatic N) is 1. The first-order valence-electron chi connectivity index (χ1n) is 7.03. The molecule has 3 rings (SSSR count). The summed E-state index contributed by atoms with van der Waals surface area (Å²) in [6, 6.07) is 8.33. The van der Waals surface area contributed by atoms with E-state index >= 15 is 0 Å². The van der Waals surface area contributed by atoms with Gasteiger partial charge >= 0.3 is 0 Å². The first kappa shape index (κ1) is 14.7. The summed E-state index contributed by atoms with van der Waals surface area (Å²) in [6.45, 7) is 2.42. The molecule has 5 nitrogen and oxygen atoms in total. The number of ether oxygens (including phenoxy) is 1. The van der Waals surface area contributed by atoms with Crippen LogP contribution < -0.4 is 15.6 Å². The molecule has 2 heterocycles. The van der Waals surface area contributed by atoms with Gasteiger partial charge in [0.1, 0.15) is 5.75 Å². The van der Waals surface area contributed by atoms with Crippen LogP contribution in [0.2, 0.25) is 5.02 Å². The summed E-state index contributed by atoms with van der Waals surface area (Å²) in [6.07, 6.45) is 1.52. The highest BCUT2D eigenvalue weighted by Crippen LogP contribution is 2.31. The molecule has 1 amide bonds. The molecule has 1 aromatic heterocycles. The number of benzene rings is 1. The number of carbonyl (C=O) groups excluding carboxylic acids is 1. The fourth-order valence-electron chi connectivity index (χ4n) is 2.44. The van der Waals surface area contributed by atoms with Crippen LogP contribution in [0.1, 0.15) is 12.5 Å². The van der Waals surface area contributed by atoms with Crippen LogP contribution in [0.3, 0.4) is 0 Å². The predicted octanol–water partition coefficient (Wildman–Crippen LogP) is 2.46. The monoisotopic (exact) mass is 318 g/mol. The first-order chi connectivity index (χ1) is 10.6. The van der Waals surface area contributed by atoms with E-state index in [-0.39, 0.29) is 11.5 Å². The largest absolute Gasteiger partial charge is 0.480 e. The Morgan fingerprint density at radius 1 is 1.41 bits per heavy atom. The van der Waals surface area contributed by atoms with Crippen LogP contribution in [0.25, 0.3) is 0 Å². The zero-order valence-electron chi connectivity index (χ0n) is 12.0. The van der Waals surface area contributed by atoms with Gasteiger partial charge in [0.05, 0.1) is 5.69 Å². The summed E-state index contributed by atoms with van der Waals surface area (Å²) in [5, 5.41) is 3.40. The van der Waals surface area contributed by atoms with Crippen LogP contribution >= 0.6 is 11.6 Å². The molecule has 0 fully saturated rings. The Kier molecular flexibility index (Phi) is 3.90. The SMILES string of the molecule is CCn1cc(NC(=O)[C@@H]2Cc3cc(Cl)ccc3O2)ccc1=O. The molecular formula is C16H15ClN2O3. The third-order valence-corrected chi connectivity index (χ3v) is 3.82. The molecule has 0 radical (unpaired) electrons. The van der Waals surface area contributed by atoms with E-state index in [0.29, 0.717) is 29.4 Å². The summed E-state index contributed by atoms with van der Waals surface area (Å²) in [7, 11) is 0. The van der Waals surface area contributed by atoms with Crippen LogP contribution in [0.4, 0.5) is 5.69 Å². The Hall–Kier alpha value is -2.27. The first-order valence-corrected chi connectivity index (χ1v) is 7.41. The molecule has 0 bridgehead atoms. The molecule has 6 heteroatoms. The second-order valence-corrected chi connectivity index (χ2v) is 5.53. The lowest BCUT2D eigenvalue weighted by molar-refractivity contribution is -0.122. The smallest absolute Gasteiger partial charge is 0.265 e. The number of carbonyl (C=O) groups is 1. The predicted molar refractivity (Wildman–Crippen MR) is 84.6 cm³/mol. The standard InChI is InChI=1S/C16H15ClN2O3/c1-2-19-9-12(4-6-15(19)20)18-16(21)14-8-10-7-11(17)3-5-13(10)22-14/h3-7,9,14H,2,8H2,1H3,(H,18,21)/t14-/m0/s1. The number of aromatic nitrogens is 1. The van der Waals surface area contributed by atoms with Gasteiger partial charge in [-0.1, -0.05) is 11.6 Å². The van der Waals surface area contributed by atoms with Gasteiger partial charge in [0.25, 0.3) is 11.5 Å². The van der Waals surface area contributed by atoms with Crippen molar-refractivity contribution in [2.24, 2.45) is 0 Å². The van der Waals surface area contributed by atoms with Crippen molar-refractivity contribution in [2.75, 3.05) is 5.32 Å². The van der Waals surface area contributed by atoms with E-state index in [2.05, 4.69) is 5.32 Å². The van der Waals surface area contributed by atoms with Crippen molar-refractivity contribution in [1.29, 1.82) is 0 Å². The molecule has 2 aromatic rings. The van der Waals surface area contributed by atoms with E-state index in [1.807, 2.05) is 6.92 Å². The van der Waals surface area contributed by atoms with Gasteiger partial charge < -0.3 is 14.6 Å². The number of amides is 1. The highest BCUT2D eigenvalue weighted by Gasteiger charge is 2.29. The molecule has 0 saturated carbocycles. The average Bonchev–Trinajstić information content (AvgIpc) is 2.92. The molecule has 0 unspecified atom stereocenters. The Labute approximate surface area is 132 Å². The van der Waals surface area contributed by atoms with E-state index in [0.717, 1.165) is 5.56 Å². The van der Waals surface area contributed by atoms with Crippen LogP contribution in [0, 0.1) is 0 Å². The molecule has 1 aliphatic heterocycles. The van der Waals surface area contributed by atoms with Gasteiger partial charge in [0.2, 0.25) is 0 Å². The Balaban J connectivity index is 1.73. The quantitative estimate of drug-likeness (QED) is 0.945. The fourth-order valence-corrected chi connectivity index (χ4v) is 2.63. The van der Waals surface area contributed by atoms with Crippen molar-refractivity contribution in [1.82, 2.24) is 4.57 Å². The maximum atomic E-state index is 12.3. The second-order valence-electron chi connectivity index (χ2n) is 5.09. The van der Waals surface area contributed by atoms with Crippen molar-refractivity contribution in [2.45, 2.75) is 26.0 Å². The number of hydrogen-bond acceptors (Lipinski definition) is 3. The van der Waals surface area contributed by atoms with Crippen molar-refractivity contribution in [3.8, 4) is 5.75 Å². The molecule has 1 aliphatic rings. The topological polar surface area (TPSA) is 60.3 Å². The molecule has 1 atom stereocenters. The minimum atomic E-state index is -0.588. The van der Waals surface area contributed by atoms with Gasteiger partial charge in [0.15, 0.2) is 6.10 Å². The molecule has 22 heavy (non-hydrogen) atoms. The molecule has 0 spiro atoms. The molecule has 1 aromatic carbocycles. The van der Waals surface area contributed by atoms with Crippen LogP contribution in [0.15, 0.2) is 41.3 Å². The van der Waals surface area contributed by atoms with Crippen molar-refractivity contribution in [3.05, 3.63) is 57.5 Å². The molecule has 0 saturated heterocycles. The molecule has 114 valence electrons. The van der Waals surface area contributed by atoms with Crippen molar-refractivity contribution < 1.29 is 9.53 Å². The Bertz CT molecular complexity index is 785. The van der Waals surface area contributed by atoms with E-state index in [1.165, 1.54) is 10.6 Å². The lowest BCUT2D eigenvalue weighted by Crippen LogP contribution is -2.32. The van der Waals surface area contributed by atoms with Gasteiger partial charge in [-0.05, 0) is 36.8 Å². The van der Waals surface area contributed by atoms with Crippen LogP contribution in [-0.4, -0.2) is 16.6 Å². The van der Waals surface area contributed by atoms with Gasteiger partial charge in [-0.3, -0.25) is 9.59 Å². The summed E-state index contributed by atoms with van der Waals surface area (Å²) in [5.74, 6) is 0.441. The number of nitrogens with one attached hydrogen (secondary N) is 1. The normalized spacial score (nSPS) is 16.0. The van der Waals surface area contributed by atoms with Crippen LogP contribution in [0.5, 0.6) is 5.75 Å². The molecular weight excluding hydrogens is 304 g/mol. The zero-order chi connectivity index (χ0) is 15.7. The van der Waals surface area contributed by atoms with Crippen LogP contribution in [-0.2, 0) is 17.8 Å². The Morgan fingerprint density at radius 2 is 2.23 bits per heavy atom. The third kappa shape index (κ3) is 2.85. The number of halogens is 1. The summed E-state index contributed by atoms with van der Waals surface area (Å²) < 4.78 is 7.16. The van der Waals surface area contributed by atoms with Crippen molar-refractivity contribution >= 4 is 23.2 Å². The lowest BCUT2D eigenvalue weighted by Gasteiger charge is -2.12. The highest BCUT2D eigenvalue weighted by molar-refractivity contribution is 6.30. The van der Waals surface area contributed by atoms with Gasteiger partial charge in [-0.2, -0.15) is 0 Å². The lowest BCUT2D eigenvalue weighted by atomic mass is 10.1. The fraction of sp³-hybridized carbons (Fsp3) is 0.250. The summed E-state index contributed by atoms with van der Waals surface area (Å²) in [4.78, 5) is 23.8. The number of anilines is 1. The molecule has 1 N–H and O–H groups in total. The van der Waals surface area contributed by atoms with Gasteiger partial charge in [-0.25, -0.2) is 0 Å². The van der Waals surface area contributed by atoms with Gasteiger partial charge in [-0.15, -0.1) is 0 Å². The minimum Gasteiger partial charge on any atom is -0.480 e. The maximum Gasteiger partial charge on any atom is 0.265 e. The van der Waals surface area contributed by atoms with Crippen molar-refractivity contribution in [3.63, 3.8) is 0 Å². The van der Waals surface area contributed by atoms with E-state index in [4.69, 9.17) is 16.3 Å². The number of rotatable bonds is 3. The number of fused-ring (bicyclic) bond motifs is 1. The Morgan fingerprint density at radius 3 is 3.00 bits per heavy atom. The van der Waals surface area contributed by atoms with E-state index in [1.54, 1.807) is 30.5 Å². The second kappa shape index (κ2) is 5.85. The zero-order valence-corrected chi connectivity index (χ0v) is 12.8. The highest BCUT2D eigenvalue weighted by atomic mass is 35.5. The maximum absolute atomic E-state index is 12.3. The molecule has 0 aliphatic carbocycles. The average molecular weight is 319 g/mol. The third-order valence-electron chi connectivity index (χ3n) is 3.58. The summed E-state index contributed by atoms with van der Waals surface area (Å²) in [5.41, 5.74) is 1.40. The minimum absolute atomic E-state index is 0.0975. The summed E-state index contributed by atoms with van der Waals surface area (Å²) >= 11 is 5.94. The number of pyridine rings is 1.